The molecule has 0 heterocycles. The highest BCUT2D eigenvalue weighted by atomic mass is 79.9. The maximum Gasteiger partial charge on any atom is 0.331 e. The topological polar surface area (TPSA) is 174 Å². The standard InChI is InChI=1S/C33H49BrO10/c1-5-6-13-24(35)19-25(36)20-28(38)32(43-4)31(40)22(3)26(34)14-9-7-11-21(2)12-8-10-15-30(39)44-29-18-23(33(41)42)16-17-27(29)37/h6-15,22-25,27-29,31-32,35-38,40H,5,16-20H2,1-4H3,(H,41,42)/b9-7+,12-8+,13-6+,15-10+,21-11+,26-14-. The molecule has 0 radical (unpaired) electrons. The lowest BCUT2D eigenvalue weighted by Gasteiger charge is -2.31. The van der Waals surface area contributed by atoms with Gasteiger partial charge >= 0.3 is 11.9 Å². The van der Waals surface area contributed by atoms with Crippen molar-refractivity contribution in [2.75, 3.05) is 7.11 Å². The Morgan fingerprint density at radius 1 is 1.00 bits per heavy atom. The zero-order valence-electron chi connectivity index (χ0n) is 25.9. The molecule has 11 heteroatoms. The molecule has 10 nitrogen and oxygen atoms in total. The van der Waals surface area contributed by atoms with Gasteiger partial charge in [-0.1, -0.05) is 90.0 Å². The molecule has 1 rings (SSSR count). The quantitative estimate of drug-likeness (QED) is 0.0538. The van der Waals surface area contributed by atoms with Gasteiger partial charge in [0.15, 0.2) is 0 Å². The highest BCUT2D eigenvalue weighted by Gasteiger charge is 2.35. The Morgan fingerprint density at radius 3 is 2.30 bits per heavy atom. The molecule has 0 spiro atoms. The molecule has 0 amide bonds. The molecule has 9 atom stereocenters. The summed E-state index contributed by atoms with van der Waals surface area (Å²) in [6.45, 7) is 5.57. The van der Waals surface area contributed by atoms with Gasteiger partial charge in [0.2, 0.25) is 0 Å². The lowest BCUT2D eigenvalue weighted by molar-refractivity contribution is -0.159. The number of aliphatic hydroxyl groups is 5. The van der Waals surface area contributed by atoms with Crippen molar-refractivity contribution >= 4 is 27.9 Å². The summed E-state index contributed by atoms with van der Waals surface area (Å²) in [7, 11) is 1.38. The van der Waals surface area contributed by atoms with Gasteiger partial charge in [0, 0.05) is 42.8 Å². The number of carbonyl (C=O) groups is 2. The number of carbonyl (C=O) groups excluding carboxylic acids is 1. The summed E-state index contributed by atoms with van der Waals surface area (Å²) in [5.74, 6) is -2.69. The Morgan fingerprint density at radius 2 is 1.66 bits per heavy atom. The van der Waals surface area contributed by atoms with Crippen molar-refractivity contribution in [3.05, 3.63) is 70.8 Å². The monoisotopic (exact) mass is 684 g/mol. The normalized spacial score (nSPS) is 24.5. The van der Waals surface area contributed by atoms with Crippen LogP contribution in [0.3, 0.4) is 0 Å². The number of halogens is 1. The maximum atomic E-state index is 12.1. The van der Waals surface area contributed by atoms with Crippen LogP contribution in [0.5, 0.6) is 0 Å². The summed E-state index contributed by atoms with van der Waals surface area (Å²) < 4.78 is 11.3. The summed E-state index contributed by atoms with van der Waals surface area (Å²) >= 11 is 3.47. The molecule has 0 aromatic heterocycles. The molecule has 0 saturated heterocycles. The molecule has 6 N–H and O–H groups in total. The molecule has 1 fully saturated rings. The molecule has 0 aromatic carbocycles. The smallest absolute Gasteiger partial charge is 0.331 e. The van der Waals surface area contributed by atoms with E-state index in [0.29, 0.717) is 10.9 Å². The van der Waals surface area contributed by atoms with E-state index in [4.69, 9.17) is 14.6 Å². The van der Waals surface area contributed by atoms with Crippen LogP contribution < -0.4 is 0 Å². The van der Waals surface area contributed by atoms with E-state index in [-0.39, 0.29) is 25.7 Å². The molecule has 0 aromatic rings. The summed E-state index contributed by atoms with van der Waals surface area (Å²) in [5, 5.41) is 60.8. The van der Waals surface area contributed by atoms with Crippen LogP contribution in [0.2, 0.25) is 0 Å². The number of esters is 1. The number of rotatable bonds is 18. The Hall–Kier alpha value is -2.38. The lowest BCUT2D eigenvalue weighted by atomic mass is 9.85. The summed E-state index contributed by atoms with van der Waals surface area (Å²) in [6.07, 6.45) is 11.5. The first-order chi connectivity index (χ1) is 20.8. The zero-order valence-corrected chi connectivity index (χ0v) is 27.5. The van der Waals surface area contributed by atoms with Crippen molar-refractivity contribution in [1.82, 2.24) is 0 Å². The van der Waals surface area contributed by atoms with Crippen LogP contribution in [-0.2, 0) is 19.1 Å². The minimum atomic E-state index is -1.15. The lowest BCUT2D eigenvalue weighted by Crippen LogP contribution is -2.44. The second kappa shape index (κ2) is 21.4. The second-order valence-electron chi connectivity index (χ2n) is 11.0. The predicted molar refractivity (Wildman–Crippen MR) is 172 cm³/mol. The third-order valence-corrected chi connectivity index (χ3v) is 8.34. The number of methoxy groups -OCH3 is 1. The number of carboxylic acid groups (broad SMARTS) is 1. The Labute approximate surface area is 268 Å². The fraction of sp³-hybridized carbons (Fsp3) is 0.576. The first-order valence-corrected chi connectivity index (χ1v) is 15.7. The van der Waals surface area contributed by atoms with Gasteiger partial charge in [-0.2, -0.15) is 0 Å². The fourth-order valence-corrected chi connectivity index (χ4v) is 5.11. The van der Waals surface area contributed by atoms with Crippen LogP contribution in [0.1, 0.15) is 59.3 Å². The number of ether oxygens (including phenoxy) is 2. The van der Waals surface area contributed by atoms with Gasteiger partial charge in [-0.3, -0.25) is 4.79 Å². The summed E-state index contributed by atoms with van der Waals surface area (Å²) in [6, 6.07) is 0. The second-order valence-corrected chi connectivity index (χ2v) is 11.9. The van der Waals surface area contributed by atoms with Crippen molar-refractivity contribution in [2.24, 2.45) is 11.8 Å². The average molecular weight is 686 g/mol. The molecule has 1 aliphatic carbocycles. The Balaban J connectivity index is 2.62. The van der Waals surface area contributed by atoms with Crippen LogP contribution in [0.15, 0.2) is 70.8 Å². The Kier molecular flexibility index (Phi) is 19.3. The average Bonchev–Trinajstić information content (AvgIpc) is 2.97. The molecule has 0 aliphatic heterocycles. The van der Waals surface area contributed by atoms with Gasteiger partial charge in [0.05, 0.1) is 36.4 Å². The minimum absolute atomic E-state index is 0.0641. The van der Waals surface area contributed by atoms with Crippen LogP contribution in [0.25, 0.3) is 0 Å². The maximum absolute atomic E-state index is 12.1. The highest BCUT2D eigenvalue weighted by molar-refractivity contribution is 9.11. The van der Waals surface area contributed by atoms with Crippen LogP contribution in [-0.4, -0.2) is 92.4 Å². The minimum Gasteiger partial charge on any atom is -0.481 e. The molecule has 9 unspecified atom stereocenters. The van der Waals surface area contributed by atoms with Gasteiger partial charge in [0.25, 0.3) is 0 Å². The molecule has 1 saturated carbocycles. The number of aliphatic carboxylic acids is 1. The third-order valence-electron chi connectivity index (χ3n) is 7.36. The number of hydrogen-bond donors (Lipinski definition) is 6. The molecule has 1 aliphatic rings. The molecule has 0 bridgehead atoms. The van der Waals surface area contributed by atoms with Gasteiger partial charge in [-0.05, 0) is 26.2 Å². The van der Waals surface area contributed by atoms with Gasteiger partial charge in [-0.15, -0.1) is 0 Å². The van der Waals surface area contributed by atoms with E-state index in [0.717, 1.165) is 12.0 Å². The van der Waals surface area contributed by atoms with E-state index < -0.39 is 66.5 Å². The van der Waals surface area contributed by atoms with Crippen molar-refractivity contribution in [3.8, 4) is 0 Å². The predicted octanol–water partition coefficient (Wildman–Crippen LogP) is 3.88. The van der Waals surface area contributed by atoms with Crippen molar-refractivity contribution < 1.29 is 49.7 Å². The molecular weight excluding hydrogens is 636 g/mol. The summed E-state index contributed by atoms with van der Waals surface area (Å²) in [4.78, 5) is 23.3. The number of aliphatic hydroxyl groups excluding tert-OH is 5. The van der Waals surface area contributed by atoms with Crippen LogP contribution in [0, 0.1) is 11.8 Å². The number of allylic oxidation sites excluding steroid dienone is 9. The molecule has 248 valence electrons. The van der Waals surface area contributed by atoms with Crippen molar-refractivity contribution in [2.45, 2.75) is 102 Å². The highest BCUT2D eigenvalue weighted by Crippen LogP contribution is 2.28. The zero-order chi connectivity index (χ0) is 33.2. The first-order valence-electron chi connectivity index (χ1n) is 14.9. The van der Waals surface area contributed by atoms with E-state index in [1.54, 1.807) is 49.5 Å². The van der Waals surface area contributed by atoms with Crippen molar-refractivity contribution in [3.63, 3.8) is 0 Å². The number of hydrogen-bond acceptors (Lipinski definition) is 9. The first kappa shape index (κ1) is 39.6. The van der Waals surface area contributed by atoms with E-state index in [2.05, 4.69) is 15.9 Å². The van der Waals surface area contributed by atoms with Gasteiger partial charge in [0.1, 0.15) is 12.2 Å². The molecular formula is C33H49BrO10. The van der Waals surface area contributed by atoms with Gasteiger partial charge in [-0.25, -0.2) is 4.79 Å². The largest absolute Gasteiger partial charge is 0.481 e. The number of carboxylic acids is 1. The fourth-order valence-electron chi connectivity index (χ4n) is 4.69. The molecule has 44 heavy (non-hydrogen) atoms. The SMILES string of the molecule is CC/C=C/C(O)CC(O)CC(O)C(OC)C(O)C(C)/C(Br)=C/C=C/C=C(C)/C=C/C=C/C(=O)OC1CC(C(=O)O)CCC1O. The van der Waals surface area contributed by atoms with Crippen LogP contribution >= 0.6 is 15.9 Å². The van der Waals surface area contributed by atoms with Gasteiger partial charge < -0.3 is 40.1 Å². The van der Waals surface area contributed by atoms with E-state index in [9.17, 15) is 35.1 Å². The van der Waals surface area contributed by atoms with Crippen molar-refractivity contribution in [1.29, 1.82) is 0 Å². The van der Waals surface area contributed by atoms with E-state index >= 15 is 0 Å². The van der Waals surface area contributed by atoms with Crippen LogP contribution in [0.4, 0.5) is 0 Å². The van der Waals surface area contributed by atoms with E-state index in [1.807, 2.05) is 19.9 Å². The third kappa shape index (κ3) is 15.1. The Bertz CT molecular complexity index is 1060. The van der Waals surface area contributed by atoms with E-state index in [1.165, 1.54) is 19.3 Å². The summed E-state index contributed by atoms with van der Waals surface area (Å²) in [5.41, 5.74) is 0.875.